The number of phenolic OH excluding ortho intramolecular Hbond substituents is 2. The van der Waals surface area contributed by atoms with Crippen LogP contribution >= 0.6 is 17.0 Å². The number of phenols is 2. The Labute approximate surface area is 391 Å². The number of aromatic hydroxyl groups is 2. The minimum absolute atomic E-state index is 0.190. The second-order valence-electron chi connectivity index (χ2n) is 16.3. The summed E-state index contributed by atoms with van der Waals surface area (Å²) in [5.74, 6) is 1.74. The molecule has 0 amide bonds. The Morgan fingerprint density at radius 2 is 0.750 bits per heavy atom. The van der Waals surface area contributed by atoms with Crippen molar-refractivity contribution < 1.29 is 40.5 Å². The summed E-state index contributed by atoms with van der Waals surface area (Å²) < 4.78 is 17.7. The van der Waals surface area contributed by atoms with Crippen LogP contribution in [0.4, 0.5) is 0 Å². The molecule has 0 spiro atoms. The number of fused-ring (bicyclic) bond motifs is 6. The summed E-state index contributed by atoms with van der Waals surface area (Å²) in [7, 11) is 9.87. The Balaban J connectivity index is 0.00000168. The molecule has 0 aliphatic carbocycles. The van der Waals surface area contributed by atoms with Crippen LogP contribution in [-0.4, -0.2) is 31.6 Å². The van der Waals surface area contributed by atoms with Crippen molar-refractivity contribution in [2.75, 3.05) is 0 Å². The third kappa shape index (κ3) is 8.18. The molecule has 0 saturated carbocycles. The summed E-state index contributed by atoms with van der Waals surface area (Å²) in [5, 5.41) is 28.8. The van der Waals surface area contributed by atoms with E-state index >= 15 is 0 Å². The molecule has 8 aromatic carbocycles. The van der Waals surface area contributed by atoms with Crippen molar-refractivity contribution in [3.8, 4) is 56.6 Å². The van der Waals surface area contributed by atoms with Gasteiger partial charge in [0.2, 0.25) is 0 Å². The molecule has 0 radical (unpaired) electrons. The van der Waals surface area contributed by atoms with E-state index in [2.05, 4.69) is 95.8 Å². The molecule has 0 aliphatic heterocycles. The number of hydrogen-bond donors (Lipinski definition) is 2. The first-order chi connectivity index (χ1) is 31.2. The minimum atomic E-state index is -0.826. The SMILES string of the molecule is Cc1cc(-c2ccccc2O[C@H](C)C[C@@H](C)Oc2ccccc2-c2cc(C)cc(-n3c4ccccc4c4ccccc43)c2O)c(O)c(-n2c3ccccc3c3ccccc32)c1.[Cl][Zr][Cl]. The third-order valence-electron chi connectivity index (χ3n) is 11.8. The van der Waals surface area contributed by atoms with Crippen LogP contribution in [0.25, 0.3) is 77.2 Å². The predicted molar refractivity (Wildman–Crippen MR) is 262 cm³/mol. The molecular formula is C55H46Cl2N2O4Zr. The molecule has 2 atom stereocenters. The van der Waals surface area contributed by atoms with Crippen LogP contribution in [0.3, 0.4) is 0 Å². The van der Waals surface area contributed by atoms with Crippen molar-refractivity contribution in [1.29, 1.82) is 0 Å². The first-order valence-electron chi connectivity index (χ1n) is 21.3. The van der Waals surface area contributed by atoms with Gasteiger partial charge < -0.3 is 28.8 Å². The summed E-state index contributed by atoms with van der Waals surface area (Å²) in [6.07, 6.45) is 0.115. The Hall–Kier alpha value is -5.98. The molecule has 318 valence electrons. The van der Waals surface area contributed by atoms with Crippen molar-refractivity contribution in [3.05, 3.63) is 181 Å². The molecule has 0 aliphatic rings. The van der Waals surface area contributed by atoms with E-state index in [1.54, 1.807) is 0 Å². The van der Waals surface area contributed by atoms with Crippen LogP contribution in [0.15, 0.2) is 170 Å². The van der Waals surface area contributed by atoms with E-state index in [0.29, 0.717) is 29.0 Å². The number of aryl methyl sites for hydroxylation is 2. The van der Waals surface area contributed by atoms with E-state index < -0.39 is 20.8 Å². The second-order valence-corrected chi connectivity index (χ2v) is 20.0. The average Bonchev–Trinajstić information content (AvgIpc) is 3.81. The van der Waals surface area contributed by atoms with E-state index in [1.165, 1.54) is 0 Å². The van der Waals surface area contributed by atoms with Gasteiger partial charge in [-0.2, -0.15) is 0 Å². The number of halogens is 2. The van der Waals surface area contributed by atoms with Gasteiger partial charge in [-0.1, -0.05) is 109 Å². The predicted octanol–water partition coefficient (Wildman–Crippen LogP) is 15.2. The zero-order valence-corrected chi connectivity index (χ0v) is 39.9. The van der Waals surface area contributed by atoms with Gasteiger partial charge in [0, 0.05) is 50.2 Å². The first kappa shape index (κ1) is 43.3. The van der Waals surface area contributed by atoms with Gasteiger partial charge in [0.15, 0.2) is 0 Å². The molecule has 0 bridgehead atoms. The molecule has 6 nitrogen and oxygen atoms in total. The van der Waals surface area contributed by atoms with Crippen LogP contribution in [-0.2, 0) is 20.8 Å². The number of aromatic nitrogens is 2. The van der Waals surface area contributed by atoms with Crippen molar-refractivity contribution >= 4 is 60.6 Å². The molecule has 0 fully saturated rings. The maximum absolute atomic E-state index is 12.1. The van der Waals surface area contributed by atoms with Gasteiger partial charge in [0.25, 0.3) is 0 Å². The van der Waals surface area contributed by atoms with E-state index in [0.717, 1.165) is 77.2 Å². The Morgan fingerprint density at radius 3 is 1.09 bits per heavy atom. The van der Waals surface area contributed by atoms with Crippen LogP contribution in [0.5, 0.6) is 23.0 Å². The van der Waals surface area contributed by atoms with Crippen molar-refractivity contribution in [2.45, 2.75) is 46.3 Å². The summed E-state index contributed by atoms with van der Waals surface area (Å²) >= 11 is -0.826. The van der Waals surface area contributed by atoms with E-state index in [-0.39, 0.29) is 23.7 Å². The Kier molecular flexibility index (Phi) is 12.6. The monoisotopic (exact) mass is 958 g/mol. The zero-order valence-electron chi connectivity index (χ0n) is 35.9. The van der Waals surface area contributed by atoms with Gasteiger partial charge in [-0.3, -0.25) is 0 Å². The molecular weight excluding hydrogens is 915 g/mol. The molecule has 9 heteroatoms. The van der Waals surface area contributed by atoms with Gasteiger partial charge in [0.1, 0.15) is 23.0 Å². The number of ether oxygens (including phenoxy) is 2. The molecule has 0 unspecified atom stereocenters. The average molecular weight is 961 g/mol. The summed E-state index contributed by atoms with van der Waals surface area (Å²) in [5.41, 5.74) is 10.6. The van der Waals surface area contributed by atoms with Crippen molar-refractivity contribution in [3.63, 3.8) is 0 Å². The topological polar surface area (TPSA) is 68.8 Å². The van der Waals surface area contributed by atoms with Crippen LogP contribution in [0.2, 0.25) is 0 Å². The quantitative estimate of drug-likeness (QED) is 0.143. The van der Waals surface area contributed by atoms with Gasteiger partial charge in [-0.15, -0.1) is 0 Å². The molecule has 0 saturated heterocycles. The Morgan fingerprint density at radius 1 is 0.453 bits per heavy atom. The molecule has 64 heavy (non-hydrogen) atoms. The number of benzene rings is 8. The first-order valence-corrected chi connectivity index (χ1v) is 27.6. The fourth-order valence-electron chi connectivity index (χ4n) is 9.22. The number of hydrogen-bond acceptors (Lipinski definition) is 4. The standard InChI is InChI=1S/C55H46N2O4.2ClH.Zr/c1-34-29-44(54(58)50(31-34)56-46-23-11-5-17-38(46)39-18-6-12-24-47(39)56)42-21-9-15-27-52(42)60-36(3)33-37(4)61-53-28-16-10-22-43(53)45-30-35(2)32-51(55(45)59)57-48-25-13-7-19-40(48)41-20-8-14-26-49(41)57;;;/h5-32,36-37,58-59H,33H2,1-4H3;2*1H;/q;;;+2/p-2/t36-,37-;;;/m1.../s1. The van der Waals surface area contributed by atoms with Gasteiger partial charge in [-0.05, 0) is 99.5 Å². The summed E-state index contributed by atoms with van der Waals surface area (Å²) in [6, 6.07) is 57.2. The molecule has 2 heterocycles. The molecule has 10 aromatic rings. The van der Waals surface area contributed by atoms with Gasteiger partial charge in [-0.25, -0.2) is 0 Å². The Bertz CT molecular complexity index is 3000. The molecule has 2 aromatic heterocycles. The van der Waals surface area contributed by atoms with Crippen LogP contribution in [0.1, 0.15) is 31.4 Å². The second kappa shape index (κ2) is 18.6. The molecule has 10 rings (SSSR count). The van der Waals surface area contributed by atoms with Crippen LogP contribution < -0.4 is 9.47 Å². The zero-order chi connectivity index (χ0) is 44.5. The number of nitrogens with zero attached hydrogens (tertiary/aromatic N) is 2. The van der Waals surface area contributed by atoms with E-state index in [1.807, 2.05) is 111 Å². The third-order valence-corrected chi connectivity index (χ3v) is 11.8. The summed E-state index contributed by atoms with van der Waals surface area (Å²) in [6.45, 7) is 8.22. The van der Waals surface area contributed by atoms with Crippen molar-refractivity contribution in [1.82, 2.24) is 9.13 Å². The number of rotatable bonds is 10. The number of para-hydroxylation sites is 6. The normalized spacial score (nSPS) is 12.3. The van der Waals surface area contributed by atoms with Gasteiger partial charge >= 0.3 is 37.9 Å². The molecule has 2 N–H and O–H groups in total. The van der Waals surface area contributed by atoms with Gasteiger partial charge in [0.05, 0.1) is 45.6 Å². The van der Waals surface area contributed by atoms with Crippen LogP contribution in [0, 0.1) is 13.8 Å². The van der Waals surface area contributed by atoms with E-state index in [4.69, 9.17) is 26.5 Å². The van der Waals surface area contributed by atoms with Crippen molar-refractivity contribution in [2.24, 2.45) is 0 Å². The maximum atomic E-state index is 12.1. The fraction of sp³-hybridized carbons (Fsp3) is 0.127. The summed E-state index contributed by atoms with van der Waals surface area (Å²) in [4.78, 5) is 0. The van der Waals surface area contributed by atoms with E-state index in [9.17, 15) is 10.2 Å². The fourth-order valence-corrected chi connectivity index (χ4v) is 9.22.